The van der Waals surface area contributed by atoms with E-state index in [0.717, 1.165) is 12.1 Å². The van der Waals surface area contributed by atoms with Gasteiger partial charge < -0.3 is 5.11 Å². The smallest absolute Gasteiger partial charge is 0.378 e. The zero-order chi connectivity index (χ0) is 24.5. The maximum absolute atomic E-state index is 12.8. The summed E-state index contributed by atoms with van der Waals surface area (Å²) < 4.78 is 39.8. The van der Waals surface area contributed by atoms with Gasteiger partial charge in [0.25, 0.3) is 5.69 Å². The van der Waals surface area contributed by atoms with E-state index in [9.17, 15) is 28.4 Å². The highest BCUT2D eigenvalue weighted by Gasteiger charge is 2.36. The minimum absolute atomic E-state index is 0.0983. The van der Waals surface area contributed by atoms with Crippen molar-refractivity contribution in [3.8, 4) is 11.3 Å². The average Bonchev–Trinajstić information content (AvgIpc) is 3.27. The molecule has 0 spiro atoms. The third-order valence-corrected chi connectivity index (χ3v) is 5.62. The molecule has 7 nitrogen and oxygen atoms in total. The molecule has 1 N–H and O–H groups in total. The van der Waals surface area contributed by atoms with E-state index in [-0.39, 0.29) is 28.5 Å². The van der Waals surface area contributed by atoms with Crippen LogP contribution in [-0.4, -0.2) is 25.0 Å². The molecule has 0 aliphatic carbocycles. The number of benzene rings is 3. The second-order valence-electron chi connectivity index (χ2n) is 7.52. The summed E-state index contributed by atoms with van der Waals surface area (Å²) in [7, 11) is 0. The van der Waals surface area contributed by atoms with Gasteiger partial charge in [0.2, 0.25) is 0 Å². The molecule has 11 heteroatoms. The molecule has 4 rings (SSSR count). The Kier molecular flexibility index (Phi) is 6.11. The van der Waals surface area contributed by atoms with E-state index in [0.29, 0.717) is 11.1 Å². The zero-order valence-corrected chi connectivity index (χ0v) is 18.0. The number of rotatable bonds is 6. The second kappa shape index (κ2) is 8.88. The van der Waals surface area contributed by atoms with Gasteiger partial charge in [-0.25, -0.2) is 4.68 Å². The first-order valence-electron chi connectivity index (χ1n) is 9.88. The number of aromatic nitrogens is 3. The Morgan fingerprint density at radius 1 is 1.00 bits per heavy atom. The lowest BCUT2D eigenvalue weighted by atomic mass is 9.86. The van der Waals surface area contributed by atoms with Gasteiger partial charge in [0.05, 0.1) is 23.2 Å². The van der Waals surface area contributed by atoms with E-state index in [4.69, 9.17) is 11.6 Å². The van der Waals surface area contributed by atoms with Gasteiger partial charge in [-0.3, -0.25) is 10.1 Å². The van der Waals surface area contributed by atoms with Gasteiger partial charge in [0, 0.05) is 28.3 Å². The number of non-ortho nitro benzene ring substituents is 1. The number of aliphatic hydroxyl groups is 1. The number of hydrogen-bond acceptors (Lipinski definition) is 5. The highest BCUT2D eigenvalue weighted by Crippen LogP contribution is 2.38. The Labute approximate surface area is 196 Å². The Morgan fingerprint density at radius 3 is 2.29 bits per heavy atom. The van der Waals surface area contributed by atoms with E-state index in [1.165, 1.54) is 41.2 Å². The van der Waals surface area contributed by atoms with Crippen molar-refractivity contribution in [3.63, 3.8) is 0 Å². The van der Waals surface area contributed by atoms with Crippen LogP contribution in [0.25, 0.3) is 11.3 Å². The monoisotopic (exact) mass is 488 g/mol. The summed E-state index contributed by atoms with van der Waals surface area (Å²) in [4.78, 5) is 10.7. The summed E-state index contributed by atoms with van der Waals surface area (Å²) in [6, 6.07) is 16.6. The molecule has 1 atom stereocenters. The predicted molar refractivity (Wildman–Crippen MR) is 118 cm³/mol. The lowest BCUT2D eigenvalue weighted by Crippen LogP contribution is -2.33. The van der Waals surface area contributed by atoms with E-state index < -0.39 is 22.3 Å². The van der Waals surface area contributed by atoms with Crippen LogP contribution in [-0.2, 0) is 18.3 Å². The summed E-state index contributed by atoms with van der Waals surface area (Å²) in [6.07, 6.45) is -3.00. The first kappa shape index (κ1) is 23.4. The maximum Gasteiger partial charge on any atom is 0.416 e. The summed E-state index contributed by atoms with van der Waals surface area (Å²) in [5.74, 6) is 0. The second-order valence-corrected chi connectivity index (χ2v) is 7.93. The molecule has 0 bridgehead atoms. The number of hydrogen-bond donors (Lipinski definition) is 1. The molecular formula is C23H16ClF3N4O3. The minimum atomic E-state index is -4.46. The molecule has 0 saturated carbocycles. The molecule has 34 heavy (non-hydrogen) atoms. The molecule has 3 aromatic carbocycles. The molecule has 1 aromatic heterocycles. The molecule has 0 amide bonds. The lowest BCUT2D eigenvalue weighted by Gasteiger charge is -2.29. The van der Waals surface area contributed by atoms with Gasteiger partial charge >= 0.3 is 6.18 Å². The molecule has 0 aliphatic rings. The highest BCUT2D eigenvalue weighted by atomic mass is 35.5. The van der Waals surface area contributed by atoms with Crippen molar-refractivity contribution in [1.29, 1.82) is 0 Å². The van der Waals surface area contributed by atoms with Crippen molar-refractivity contribution >= 4 is 17.3 Å². The van der Waals surface area contributed by atoms with E-state index in [1.807, 2.05) is 0 Å². The maximum atomic E-state index is 12.8. The molecule has 0 aliphatic heterocycles. The van der Waals surface area contributed by atoms with E-state index >= 15 is 0 Å². The van der Waals surface area contributed by atoms with Gasteiger partial charge in [0.1, 0.15) is 11.3 Å². The quantitative estimate of drug-likeness (QED) is 0.287. The average molecular weight is 489 g/mol. The topological polar surface area (TPSA) is 94.1 Å². The fraction of sp³-hybridized carbons (Fsp3) is 0.130. The SMILES string of the molecule is O=[N+]([O-])c1ccc(Cl)c(C(O)(Cn2cc(-c3ccc(C(F)(F)F)cc3)nn2)c2ccccc2)c1. The van der Waals surface area contributed by atoms with Crippen LogP contribution in [0.4, 0.5) is 18.9 Å². The minimum Gasteiger partial charge on any atom is -0.378 e. The third kappa shape index (κ3) is 4.63. The summed E-state index contributed by atoms with van der Waals surface area (Å²) in [5.41, 5.74) is -1.68. The summed E-state index contributed by atoms with van der Waals surface area (Å²) in [6.45, 7) is -0.217. The first-order chi connectivity index (χ1) is 16.1. The van der Waals surface area contributed by atoms with Crippen LogP contribution in [0.15, 0.2) is 79.0 Å². The standard InChI is InChI=1S/C23H16ClF3N4O3/c24-20-11-10-18(31(33)34)12-19(20)22(32,16-4-2-1-3-5-16)14-30-13-21(28-29-30)15-6-8-17(9-7-15)23(25,26)27/h1-13,32H,14H2. The summed E-state index contributed by atoms with van der Waals surface area (Å²) in [5, 5.41) is 31.2. The molecule has 4 aromatic rings. The van der Waals surface area contributed by atoms with Crippen LogP contribution in [0.2, 0.25) is 5.02 Å². The van der Waals surface area contributed by atoms with Crippen LogP contribution >= 0.6 is 11.6 Å². The summed E-state index contributed by atoms with van der Waals surface area (Å²) >= 11 is 6.33. The van der Waals surface area contributed by atoms with Crippen LogP contribution in [0.5, 0.6) is 0 Å². The van der Waals surface area contributed by atoms with Crippen molar-refractivity contribution in [1.82, 2.24) is 15.0 Å². The van der Waals surface area contributed by atoms with Gasteiger partial charge in [-0.2, -0.15) is 13.2 Å². The van der Waals surface area contributed by atoms with Crippen molar-refractivity contribution in [2.24, 2.45) is 0 Å². The number of nitro benzene ring substituents is 1. The Hall–Kier alpha value is -3.76. The first-order valence-corrected chi connectivity index (χ1v) is 10.3. The number of alkyl halides is 3. The van der Waals surface area contributed by atoms with Gasteiger partial charge in [0.15, 0.2) is 0 Å². The molecule has 0 radical (unpaired) electrons. The van der Waals surface area contributed by atoms with Gasteiger partial charge in [-0.05, 0) is 23.8 Å². The molecular weight excluding hydrogens is 473 g/mol. The van der Waals surface area contributed by atoms with E-state index in [1.54, 1.807) is 30.3 Å². The highest BCUT2D eigenvalue weighted by molar-refractivity contribution is 6.31. The molecule has 0 saturated heterocycles. The van der Waals surface area contributed by atoms with Crippen LogP contribution in [0, 0.1) is 10.1 Å². The fourth-order valence-electron chi connectivity index (χ4n) is 3.56. The van der Waals surface area contributed by atoms with Crippen molar-refractivity contribution in [3.05, 3.63) is 111 Å². The van der Waals surface area contributed by atoms with Crippen molar-refractivity contribution in [2.75, 3.05) is 0 Å². The van der Waals surface area contributed by atoms with Gasteiger partial charge in [-0.15, -0.1) is 5.10 Å². The van der Waals surface area contributed by atoms with Crippen LogP contribution < -0.4 is 0 Å². The van der Waals surface area contributed by atoms with Crippen LogP contribution in [0.1, 0.15) is 16.7 Å². The Bertz CT molecular complexity index is 1330. The molecule has 174 valence electrons. The largest absolute Gasteiger partial charge is 0.416 e. The normalized spacial score (nSPS) is 13.4. The third-order valence-electron chi connectivity index (χ3n) is 5.30. The zero-order valence-electron chi connectivity index (χ0n) is 17.3. The molecule has 0 fully saturated rings. The Morgan fingerprint density at radius 2 is 1.68 bits per heavy atom. The molecule has 1 unspecified atom stereocenters. The number of halogens is 4. The van der Waals surface area contributed by atoms with E-state index in [2.05, 4.69) is 10.3 Å². The van der Waals surface area contributed by atoms with Crippen molar-refractivity contribution in [2.45, 2.75) is 18.3 Å². The number of nitrogens with zero attached hydrogens (tertiary/aromatic N) is 4. The number of nitro groups is 1. The predicted octanol–water partition coefficient (Wildman–Crippen LogP) is 5.46. The van der Waals surface area contributed by atoms with Crippen LogP contribution in [0.3, 0.4) is 0 Å². The van der Waals surface area contributed by atoms with Crippen molar-refractivity contribution < 1.29 is 23.2 Å². The molecule has 1 heterocycles. The Balaban J connectivity index is 1.73. The lowest BCUT2D eigenvalue weighted by molar-refractivity contribution is -0.385. The fourth-order valence-corrected chi connectivity index (χ4v) is 3.84. The van der Waals surface area contributed by atoms with Gasteiger partial charge in [-0.1, -0.05) is 59.3 Å².